The molecule has 1 saturated heterocycles. The number of halogens is 1. The first-order chi connectivity index (χ1) is 8.78. The first-order valence-corrected chi connectivity index (χ1v) is 8.10. The van der Waals surface area contributed by atoms with Crippen molar-refractivity contribution >= 4 is 27.3 Å². The van der Waals surface area contributed by atoms with E-state index < -0.39 is 9.84 Å². The molecule has 0 aliphatic carbocycles. The highest BCUT2D eigenvalue weighted by molar-refractivity contribution is 7.91. The average Bonchev–Trinajstić information content (AvgIpc) is 2.66. The highest BCUT2D eigenvalue weighted by Crippen LogP contribution is 2.19. The largest absolute Gasteiger partial charge is 0.338 e. The van der Waals surface area contributed by atoms with Crippen LogP contribution in [-0.2, 0) is 9.84 Å². The van der Waals surface area contributed by atoms with Crippen molar-refractivity contribution in [2.75, 3.05) is 18.6 Å². The molecule has 1 aromatic rings. The van der Waals surface area contributed by atoms with Gasteiger partial charge in [-0.15, -0.1) is 0 Å². The minimum atomic E-state index is -3.00. The second kappa shape index (κ2) is 5.09. The summed E-state index contributed by atoms with van der Waals surface area (Å²) in [6, 6.07) is 2.88. The van der Waals surface area contributed by atoms with Crippen molar-refractivity contribution in [1.82, 2.24) is 9.88 Å². The minimum absolute atomic E-state index is 0.0348. The Hall–Kier alpha value is -1.14. The maximum Gasteiger partial charge on any atom is 0.254 e. The lowest BCUT2D eigenvalue weighted by molar-refractivity contribution is 0.0747. The maximum absolute atomic E-state index is 12.3. The summed E-state index contributed by atoms with van der Waals surface area (Å²) in [5.74, 6) is -0.0483. The fraction of sp³-hybridized carbons (Fsp3) is 0.500. The van der Waals surface area contributed by atoms with E-state index in [4.69, 9.17) is 11.6 Å². The molecule has 2 heterocycles. The second-order valence-corrected chi connectivity index (χ2v) is 7.41. The zero-order valence-electron chi connectivity index (χ0n) is 10.8. The summed E-state index contributed by atoms with van der Waals surface area (Å²) < 4.78 is 22.9. The van der Waals surface area contributed by atoms with Crippen LogP contribution in [0.3, 0.4) is 0 Å². The molecule has 0 N–H and O–H groups in total. The Labute approximate surface area is 117 Å². The van der Waals surface area contributed by atoms with E-state index in [2.05, 4.69) is 4.98 Å². The molecule has 104 valence electrons. The molecule has 0 aromatic carbocycles. The summed E-state index contributed by atoms with van der Waals surface area (Å²) in [6.45, 7) is 1.75. The number of rotatable bonds is 2. The van der Waals surface area contributed by atoms with Crippen LogP contribution in [0.25, 0.3) is 0 Å². The summed E-state index contributed by atoms with van der Waals surface area (Å²) in [4.78, 5) is 17.8. The van der Waals surface area contributed by atoms with Crippen LogP contribution in [0.15, 0.2) is 12.1 Å². The third-order valence-corrected chi connectivity index (χ3v) is 5.19. The Morgan fingerprint density at radius 2 is 2.16 bits per heavy atom. The number of sulfone groups is 1. The number of nitrogens with zero attached hydrogens (tertiary/aromatic N) is 2. The molecule has 1 amide bonds. The molecule has 1 atom stereocenters. The number of aromatic nitrogens is 1. The van der Waals surface area contributed by atoms with Gasteiger partial charge in [0.2, 0.25) is 0 Å². The fourth-order valence-electron chi connectivity index (χ4n) is 2.20. The highest BCUT2D eigenvalue weighted by atomic mass is 35.5. The Bertz CT molecular complexity index is 595. The van der Waals surface area contributed by atoms with E-state index in [0.29, 0.717) is 17.7 Å². The monoisotopic (exact) mass is 302 g/mol. The van der Waals surface area contributed by atoms with E-state index in [1.165, 1.54) is 11.0 Å². The summed E-state index contributed by atoms with van der Waals surface area (Å²) >= 11 is 5.83. The third kappa shape index (κ3) is 3.25. The van der Waals surface area contributed by atoms with Gasteiger partial charge in [-0.3, -0.25) is 4.79 Å². The van der Waals surface area contributed by atoms with Crippen molar-refractivity contribution < 1.29 is 13.2 Å². The fourth-order valence-corrected chi connectivity index (χ4v) is 4.23. The van der Waals surface area contributed by atoms with Crippen molar-refractivity contribution in [3.05, 3.63) is 28.5 Å². The molecule has 1 aliphatic heterocycles. The smallest absolute Gasteiger partial charge is 0.254 e. The SMILES string of the molecule is Cc1cc(C(=O)N(C)C2CCS(=O)(=O)C2)cc(Cl)n1. The van der Waals surface area contributed by atoms with Gasteiger partial charge in [0.25, 0.3) is 5.91 Å². The van der Waals surface area contributed by atoms with Crippen LogP contribution in [0.2, 0.25) is 5.15 Å². The highest BCUT2D eigenvalue weighted by Gasteiger charge is 2.33. The van der Waals surface area contributed by atoms with Crippen molar-refractivity contribution in [1.29, 1.82) is 0 Å². The Morgan fingerprint density at radius 1 is 1.47 bits per heavy atom. The van der Waals surface area contributed by atoms with Gasteiger partial charge in [-0.1, -0.05) is 11.6 Å². The Kier molecular flexibility index (Phi) is 3.82. The summed E-state index contributed by atoms with van der Waals surface area (Å²) in [7, 11) is -1.38. The van der Waals surface area contributed by atoms with E-state index in [-0.39, 0.29) is 28.6 Å². The lowest BCUT2D eigenvalue weighted by Gasteiger charge is -2.23. The van der Waals surface area contributed by atoms with Crippen molar-refractivity contribution in [3.8, 4) is 0 Å². The number of carbonyl (C=O) groups is 1. The van der Waals surface area contributed by atoms with E-state index in [1.807, 2.05) is 0 Å². The Morgan fingerprint density at radius 3 is 2.68 bits per heavy atom. The van der Waals surface area contributed by atoms with Gasteiger partial charge in [-0.25, -0.2) is 13.4 Å². The van der Waals surface area contributed by atoms with Crippen molar-refractivity contribution in [2.24, 2.45) is 0 Å². The first kappa shape index (κ1) is 14.3. The molecule has 1 aliphatic rings. The van der Waals surface area contributed by atoms with Crippen LogP contribution < -0.4 is 0 Å². The van der Waals surface area contributed by atoms with Crippen molar-refractivity contribution in [3.63, 3.8) is 0 Å². The molecule has 19 heavy (non-hydrogen) atoms. The van der Waals surface area contributed by atoms with E-state index >= 15 is 0 Å². The number of hydrogen-bond acceptors (Lipinski definition) is 4. The molecule has 2 rings (SSSR count). The molecule has 1 unspecified atom stereocenters. The van der Waals surface area contributed by atoms with Crippen LogP contribution in [0.1, 0.15) is 22.5 Å². The number of pyridine rings is 1. The number of hydrogen-bond donors (Lipinski definition) is 0. The number of aryl methyl sites for hydroxylation is 1. The molecule has 0 bridgehead atoms. The molecular formula is C12H15ClN2O3S. The van der Waals surface area contributed by atoms with E-state index in [9.17, 15) is 13.2 Å². The zero-order valence-corrected chi connectivity index (χ0v) is 12.3. The van der Waals surface area contributed by atoms with Gasteiger partial charge >= 0.3 is 0 Å². The molecular weight excluding hydrogens is 288 g/mol. The van der Waals surface area contributed by atoms with Gasteiger partial charge in [0.15, 0.2) is 9.84 Å². The zero-order chi connectivity index (χ0) is 14.2. The molecule has 7 heteroatoms. The molecule has 1 aromatic heterocycles. The van der Waals surface area contributed by atoms with Gasteiger partial charge in [-0.05, 0) is 25.5 Å². The van der Waals surface area contributed by atoms with Gasteiger partial charge in [0, 0.05) is 24.3 Å². The summed E-state index contributed by atoms with van der Waals surface area (Å²) in [5.41, 5.74) is 1.09. The van der Waals surface area contributed by atoms with E-state index in [0.717, 1.165) is 0 Å². The normalized spacial score (nSPS) is 21.3. The first-order valence-electron chi connectivity index (χ1n) is 5.90. The minimum Gasteiger partial charge on any atom is -0.338 e. The van der Waals surface area contributed by atoms with Crippen molar-refractivity contribution in [2.45, 2.75) is 19.4 Å². The van der Waals surface area contributed by atoms with Crippen LogP contribution in [-0.4, -0.2) is 48.8 Å². The summed E-state index contributed by atoms with van der Waals surface area (Å²) in [6.07, 6.45) is 0.488. The number of amides is 1. The van der Waals surface area contributed by atoms with Crippen LogP contribution in [0.5, 0.6) is 0 Å². The van der Waals surface area contributed by atoms with Gasteiger partial charge < -0.3 is 4.90 Å². The van der Waals surface area contributed by atoms with Crippen LogP contribution in [0, 0.1) is 6.92 Å². The lowest BCUT2D eigenvalue weighted by Crippen LogP contribution is -2.37. The second-order valence-electron chi connectivity index (χ2n) is 4.79. The van der Waals surface area contributed by atoms with Gasteiger partial charge in [0.05, 0.1) is 11.5 Å². The van der Waals surface area contributed by atoms with Crippen LogP contribution >= 0.6 is 11.6 Å². The lowest BCUT2D eigenvalue weighted by atomic mass is 10.1. The third-order valence-electron chi connectivity index (χ3n) is 3.25. The molecule has 0 saturated carbocycles. The quantitative estimate of drug-likeness (QED) is 0.772. The topological polar surface area (TPSA) is 67.3 Å². The molecule has 0 radical (unpaired) electrons. The van der Waals surface area contributed by atoms with E-state index in [1.54, 1.807) is 20.0 Å². The molecule has 5 nitrogen and oxygen atoms in total. The molecule has 1 fully saturated rings. The standard InChI is InChI=1S/C12H15ClN2O3S/c1-8-5-9(6-11(13)14-8)12(16)15(2)10-3-4-19(17,18)7-10/h5-6,10H,3-4,7H2,1-2H3. The Balaban J connectivity index is 2.20. The predicted molar refractivity (Wildman–Crippen MR) is 73.1 cm³/mol. The predicted octanol–water partition coefficient (Wildman–Crippen LogP) is 1.30. The molecule has 0 spiro atoms. The maximum atomic E-state index is 12.3. The van der Waals surface area contributed by atoms with Crippen LogP contribution in [0.4, 0.5) is 0 Å². The van der Waals surface area contributed by atoms with Gasteiger partial charge in [-0.2, -0.15) is 0 Å². The number of carbonyl (C=O) groups excluding carboxylic acids is 1. The average molecular weight is 303 g/mol. The van der Waals surface area contributed by atoms with Gasteiger partial charge in [0.1, 0.15) is 5.15 Å². The summed E-state index contributed by atoms with van der Waals surface area (Å²) in [5, 5.41) is 0.260.